The van der Waals surface area contributed by atoms with Gasteiger partial charge in [0.05, 0.1) is 0 Å². The minimum absolute atomic E-state index is 0.0765. The maximum absolute atomic E-state index is 12.1. The zero-order chi connectivity index (χ0) is 14.8. The van der Waals surface area contributed by atoms with E-state index in [1.165, 1.54) is 6.07 Å². The van der Waals surface area contributed by atoms with Crippen molar-refractivity contribution in [1.29, 1.82) is 0 Å². The second-order valence-corrected chi connectivity index (χ2v) is 4.58. The molecule has 0 aromatic heterocycles. The summed E-state index contributed by atoms with van der Waals surface area (Å²) in [4.78, 5) is 10.7. The van der Waals surface area contributed by atoms with Gasteiger partial charge in [-0.25, -0.2) is 0 Å². The van der Waals surface area contributed by atoms with Crippen molar-refractivity contribution in [2.45, 2.75) is 18.8 Å². The molecule has 1 atom stereocenters. The molecule has 0 saturated carbocycles. The molecule has 0 heterocycles. The number of phenols is 1. The number of phenolic OH excluding ortho intramolecular Hbond substituents is 1. The Bertz CT molecular complexity index is 494. The van der Waals surface area contributed by atoms with Gasteiger partial charge >= 0.3 is 6.36 Å². The predicted octanol–water partition coefficient (Wildman–Crippen LogP) is 1.93. The molecule has 0 spiro atoms. The number of nitrogens with two attached hydrogens (primary N) is 2. The van der Waals surface area contributed by atoms with Crippen molar-refractivity contribution >= 4 is 21.8 Å². The van der Waals surface area contributed by atoms with Crippen LogP contribution in [-0.2, 0) is 4.79 Å². The lowest BCUT2D eigenvalue weighted by atomic mass is 10.0. The zero-order valence-electron chi connectivity index (χ0n) is 9.37. The van der Waals surface area contributed by atoms with Crippen LogP contribution in [0, 0.1) is 0 Å². The first-order valence-corrected chi connectivity index (χ1v) is 5.71. The van der Waals surface area contributed by atoms with Crippen molar-refractivity contribution in [3.8, 4) is 11.5 Å². The Labute approximate surface area is 114 Å². The quantitative estimate of drug-likeness (QED) is 0.778. The third kappa shape index (κ3) is 4.60. The van der Waals surface area contributed by atoms with Crippen LogP contribution >= 0.6 is 15.9 Å². The smallest absolute Gasteiger partial charge is 0.504 e. The highest BCUT2D eigenvalue weighted by Crippen LogP contribution is 2.39. The van der Waals surface area contributed by atoms with E-state index >= 15 is 0 Å². The Hall–Kier alpha value is -1.48. The number of hydrogen-bond acceptors (Lipinski definition) is 4. The summed E-state index contributed by atoms with van der Waals surface area (Å²) in [6, 6.07) is 1.18. The Balaban J connectivity index is 3.16. The summed E-state index contributed by atoms with van der Waals surface area (Å²) in [5.41, 5.74) is 10.4. The molecule has 0 bridgehead atoms. The Morgan fingerprint density at radius 1 is 1.47 bits per heavy atom. The van der Waals surface area contributed by atoms with Crippen molar-refractivity contribution in [2.75, 3.05) is 0 Å². The second-order valence-electron chi connectivity index (χ2n) is 3.67. The number of alkyl halides is 3. The summed E-state index contributed by atoms with van der Waals surface area (Å²) in [7, 11) is 0. The number of carbonyl (C=O) groups excluding carboxylic acids is 1. The van der Waals surface area contributed by atoms with Gasteiger partial charge in [-0.05, 0) is 12.1 Å². The number of ether oxygens (including phenoxy) is 1. The minimum atomic E-state index is -4.96. The van der Waals surface area contributed by atoms with Crippen LogP contribution in [0.4, 0.5) is 13.2 Å². The first kappa shape index (κ1) is 15.6. The Morgan fingerprint density at radius 2 is 2.05 bits per heavy atom. The van der Waals surface area contributed by atoms with Gasteiger partial charge in [-0.1, -0.05) is 15.9 Å². The van der Waals surface area contributed by atoms with Crippen molar-refractivity contribution < 1.29 is 27.8 Å². The number of benzene rings is 1. The van der Waals surface area contributed by atoms with Crippen LogP contribution in [0.1, 0.15) is 18.0 Å². The second kappa shape index (κ2) is 5.66. The fourth-order valence-electron chi connectivity index (χ4n) is 1.41. The molecule has 1 unspecified atom stereocenters. The molecule has 106 valence electrons. The minimum Gasteiger partial charge on any atom is -0.504 e. The molecule has 0 aliphatic rings. The molecule has 1 aromatic carbocycles. The average Bonchev–Trinajstić information content (AvgIpc) is 2.19. The fraction of sp³-hybridized carbons (Fsp3) is 0.300. The zero-order valence-corrected chi connectivity index (χ0v) is 11.0. The highest BCUT2D eigenvalue weighted by atomic mass is 79.9. The summed E-state index contributed by atoms with van der Waals surface area (Å²) in [6.45, 7) is 0. The van der Waals surface area contributed by atoms with Crippen molar-refractivity contribution in [2.24, 2.45) is 11.5 Å². The molecule has 0 radical (unpaired) electrons. The lowest BCUT2D eigenvalue weighted by molar-refractivity contribution is -0.275. The molecule has 1 rings (SSSR count). The molecule has 9 heteroatoms. The molecule has 0 fully saturated rings. The Morgan fingerprint density at radius 3 is 2.53 bits per heavy atom. The van der Waals surface area contributed by atoms with Gasteiger partial charge in [0.2, 0.25) is 5.91 Å². The molecule has 0 saturated heterocycles. The lowest BCUT2D eigenvalue weighted by Gasteiger charge is -2.17. The van der Waals surface area contributed by atoms with Crippen LogP contribution in [0.25, 0.3) is 0 Å². The van der Waals surface area contributed by atoms with E-state index in [-0.39, 0.29) is 16.5 Å². The van der Waals surface area contributed by atoms with E-state index in [9.17, 15) is 23.1 Å². The molecule has 19 heavy (non-hydrogen) atoms. The van der Waals surface area contributed by atoms with Crippen molar-refractivity contribution in [1.82, 2.24) is 0 Å². The molecular weight excluding hydrogens is 333 g/mol. The summed E-state index contributed by atoms with van der Waals surface area (Å²) in [5.74, 6) is -2.34. The molecule has 0 aliphatic carbocycles. The summed E-state index contributed by atoms with van der Waals surface area (Å²) in [6.07, 6.45) is -5.28. The molecule has 1 amide bonds. The van der Waals surface area contributed by atoms with Gasteiger partial charge in [-0.2, -0.15) is 0 Å². The molecule has 0 aliphatic heterocycles. The molecule has 5 N–H and O–H groups in total. The van der Waals surface area contributed by atoms with Gasteiger partial charge in [-0.3, -0.25) is 4.79 Å². The lowest BCUT2D eigenvalue weighted by Crippen LogP contribution is -2.21. The van der Waals surface area contributed by atoms with Crippen LogP contribution in [-0.4, -0.2) is 17.4 Å². The van der Waals surface area contributed by atoms with Gasteiger partial charge < -0.3 is 21.3 Å². The van der Waals surface area contributed by atoms with Crippen LogP contribution in [0.15, 0.2) is 16.6 Å². The highest BCUT2D eigenvalue weighted by molar-refractivity contribution is 9.10. The van der Waals surface area contributed by atoms with Crippen LogP contribution in [0.5, 0.6) is 11.5 Å². The number of rotatable bonds is 4. The maximum Gasteiger partial charge on any atom is 0.573 e. The first-order chi connectivity index (χ1) is 8.60. The number of primary amides is 1. The van der Waals surface area contributed by atoms with Crippen LogP contribution in [0.2, 0.25) is 0 Å². The van der Waals surface area contributed by atoms with E-state index in [1.54, 1.807) is 0 Å². The van der Waals surface area contributed by atoms with E-state index in [2.05, 4.69) is 20.7 Å². The predicted molar refractivity (Wildman–Crippen MR) is 63.2 cm³/mol. The van der Waals surface area contributed by atoms with E-state index in [1.807, 2.05) is 0 Å². The number of hydrogen-bond donors (Lipinski definition) is 3. The number of amides is 1. The number of halogens is 4. The molecule has 1 aromatic rings. The Kier molecular flexibility index (Phi) is 4.64. The number of carbonyl (C=O) groups is 1. The van der Waals surface area contributed by atoms with Crippen molar-refractivity contribution in [3.63, 3.8) is 0 Å². The van der Waals surface area contributed by atoms with E-state index in [4.69, 9.17) is 11.5 Å². The monoisotopic (exact) mass is 342 g/mol. The normalized spacial score (nSPS) is 13.1. The first-order valence-electron chi connectivity index (χ1n) is 4.92. The van der Waals surface area contributed by atoms with E-state index in [0.717, 1.165) is 6.07 Å². The van der Waals surface area contributed by atoms with Crippen LogP contribution in [0.3, 0.4) is 0 Å². The van der Waals surface area contributed by atoms with Gasteiger partial charge in [0, 0.05) is 22.5 Å². The molecule has 5 nitrogen and oxygen atoms in total. The topological polar surface area (TPSA) is 98.6 Å². The van der Waals surface area contributed by atoms with E-state index in [0.29, 0.717) is 0 Å². The summed E-state index contributed by atoms with van der Waals surface area (Å²) in [5, 5.41) is 9.68. The van der Waals surface area contributed by atoms with Gasteiger partial charge in [-0.15, -0.1) is 13.2 Å². The van der Waals surface area contributed by atoms with Gasteiger partial charge in [0.1, 0.15) is 0 Å². The largest absolute Gasteiger partial charge is 0.573 e. The summed E-state index contributed by atoms with van der Waals surface area (Å²) < 4.78 is 40.3. The number of aromatic hydroxyl groups is 1. The summed E-state index contributed by atoms with van der Waals surface area (Å²) >= 11 is 2.96. The van der Waals surface area contributed by atoms with Gasteiger partial charge in [0.25, 0.3) is 0 Å². The SMILES string of the molecule is NC(=O)CC(N)c1cc(Br)cc(OC(F)(F)F)c1O. The highest BCUT2D eigenvalue weighted by Gasteiger charge is 2.33. The fourth-order valence-corrected chi connectivity index (χ4v) is 1.86. The van der Waals surface area contributed by atoms with Gasteiger partial charge in [0.15, 0.2) is 11.5 Å². The molecular formula is C10H10BrF3N2O3. The maximum atomic E-state index is 12.1. The van der Waals surface area contributed by atoms with E-state index < -0.39 is 29.8 Å². The third-order valence-electron chi connectivity index (χ3n) is 2.12. The van der Waals surface area contributed by atoms with Crippen LogP contribution < -0.4 is 16.2 Å². The third-order valence-corrected chi connectivity index (χ3v) is 2.57. The average molecular weight is 343 g/mol. The standard InChI is InChI=1S/C10H10BrF3N2O3/c11-4-1-5(6(15)3-8(16)17)9(18)7(2-4)19-10(12,13)14/h1-2,6,18H,3,15H2,(H2,16,17). The van der Waals surface area contributed by atoms with Crippen molar-refractivity contribution in [3.05, 3.63) is 22.2 Å².